The number of hydrogen-bond donors (Lipinski definition) is 3. The molecule has 0 aromatic heterocycles. The van der Waals surface area contributed by atoms with Crippen LogP contribution in [0.5, 0.6) is 0 Å². The zero-order valence-electron chi connectivity index (χ0n) is 13.5. The Hall–Kier alpha value is -2.70. The zero-order valence-corrected chi connectivity index (χ0v) is 13.5. The van der Waals surface area contributed by atoms with Gasteiger partial charge >= 0.3 is 0 Å². The third-order valence-electron chi connectivity index (χ3n) is 3.37. The number of nitrogens with two attached hydrogens (primary N) is 1. The number of hydrogen-bond acceptors (Lipinski definition) is 3. The standard InChI is InChI=1S/C17H22FN3O3/c1-3-4-5-14(16(19)23)21-17(24)15(20-11(2)22)10-12-6-8-13(18)9-7-12/h3,6-9,14-15H,1,4-5,10H2,2H3,(H2,19,23)(H,20,22)(H,21,24)/t14-,15-/m1/s1. The fourth-order valence-corrected chi connectivity index (χ4v) is 2.15. The lowest BCUT2D eigenvalue weighted by molar-refractivity contribution is -0.130. The number of rotatable bonds is 9. The molecule has 2 atom stereocenters. The van der Waals surface area contributed by atoms with E-state index in [1.165, 1.54) is 31.2 Å². The van der Waals surface area contributed by atoms with E-state index in [1.807, 2.05) is 0 Å². The quantitative estimate of drug-likeness (QED) is 0.582. The van der Waals surface area contributed by atoms with Gasteiger partial charge in [-0.15, -0.1) is 6.58 Å². The van der Waals surface area contributed by atoms with Crippen molar-refractivity contribution in [3.63, 3.8) is 0 Å². The molecule has 0 bridgehead atoms. The van der Waals surface area contributed by atoms with Crippen LogP contribution in [-0.2, 0) is 20.8 Å². The van der Waals surface area contributed by atoms with E-state index in [1.54, 1.807) is 6.08 Å². The van der Waals surface area contributed by atoms with Gasteiger partial charge in [-0.05, 0) is 30.5 Å². The Balaban J connectivity index is 2.83. The molecule has 1 rings (SSSR count). The molecule has 7 heteroatoms. The van der Waals surface area contributed by atoms with Crippen molar-refractivity contribution in [2.45, 2.75) is 38.3 Å². The van der Waals surface area contributed by atoms with Crippen molar-refractivity contribution < 1.29 is 18.8 Å². The van der Waals surface area contributed by atoms with Gasteiger partial charge in [0.25, 0.3) is 0 Å². The molecule has 4 N–H and O–H groups in total. The molecule has 3 amide bonds. The predicted octanol–water partition coefficient (Wildman–Crippen LogP) is 0.809. The van der Waals surface area contributed by atoms with Crippen molar-refractivity contribution in [1.82, 2.24) is 10.6 Å². The molecule has 0 aliphatic rings. The van der Waals surface area contributed by atoms with E-state index in [-0.39, 0.29) is 12.3 Å². The molecule has 0 saturated heterocycles. The maximum Gasteiger partial charge on any atom is 0.243 e. The van der Waals surface area contributed by atoms with E-state index >= 15 is 0 Å². The van der Waals surface area contributed by atoms with Gasteiger partial charge in [-0.25, -0.2) is 4.39 Å². The van der Waals surface area contributed by atoms with Crippen LogP contribution >= 0.6 is 0 Å². The highest BCUT2D eigenvalue weighted by Gasteiger charge is 2.24. The monoisotopic (exact) mass is 335 g/mol. The van der Waals surface area contributed by atoms with E-state index in [2.05, 4.69) is 17.2 Å². The summed E-state index contributed by atoms with van der Waals surface area (Å²) in [7, 11) is 0. The third-order valence-corrected chi connectivity index (χ3v) is 3.37. The minimum atomic E-state index is -0.890. The van der Waals surface area contributed by atoms with Crippen LogP contribution in [0.25, 0.3) is 0 Å². The Morgan fingerprint density at radius 2 is 1.83 bits per heavy atom. The number of benzene rings is 1. The zero-order chi connectivity index (χ0) is 18.1. The first-order valence-corrected chi connectivity index (χ1v) is 7.55. The van der Waals surface area contributed by atoms with Crippen molar-refractivity contribution in [1.29, 1.82) is 0 Å². The first kappa shape index (κ1) is 19.3. The smallest absolute Gasteiger partial charge is 0.243 e. The number of allylic oxidation sites excluding steroid dienone is 1. The molecule has 0 heterocycles. The van der Waals surface area contributed by atoms with E-state index in [0.29, 0.717) is 18.4 Å². The molecule has 0 aliphatic heterocycles. The van der Waals surface area contributed by atoms with Crippen molar-refractivity contribution in [2.24, 2.45) is 5.73 Å². The van der Waals surface area contributed by atoms with E-state index in [9.17, 15) is 18.8 Å². The van der Waals surface area contributed by atoms with Crippen molar-refractivity contribution in [3.05, 3.63) is 48.3 Å². The SMILES string of the molecule is C=CCC[C@@H](NC(=O)[C@@H](Cc1ccc(F)cc1)NC(C)=O)C(N)=O. The van der Waals surface area contributed by atoms with Crippen molar-refractivity contribution in [3.8, 4) is 0 Å². The van der Waals surface area contributed by atoms with Gasteiger partial charge in [0.05, 0.1) is 0 Å². The molecule has 1 aromatic rings. The first-order chi connectivity index (χ1) is 11.3. The number of halogens is 1. The number of carbonyl (C=O) groups is 3. The van der Waals surface area contributed by atoms with Gasteiger partial charge < -0.3 is 16.4 Å². The summed E-state index contributed by atoms with van der Waals surface area (Å²) in [6.07, 6.45) is 2.62. The molecule has 0 spiro atoms. The molecule has 130 valence electrons. The average molecular weight is 335 g/mol. The van der Waals surface area contributed by atoms with Gasteiger partial charge in [0.15, 0.2) is 0 Å². The minimum absolute atomic E-state index is 0.165. The predicted molar refractivity (Wildman–Crippen MR) is 88.3 cm³/mol. The fourth-order valence-electron chi connectivity index (χ4n) is 2.15. The molecule has 1 aromatic carbocycles. The molecule has 6 nitrogen and oxygen atoms in total. The summed E-state index contributed by atoms with van der Waals surface area (Å²) in [6.45, 7) is 4.84. The third kappa shape index (κ3) is 6.60. The highest BCUT2D eigenvalue weighted by Crippen LogP contribution is 2.07. The van der Waals surface area contributed by atoms with Crippen LogP contribution in [0, 0.1) is 5.82 Å². The number of amides is 3. The molecule has 0 radical (unpaired) electrons. The molecule has 0 fully saturated rings. The Kier molecular flexibility index (Phi) is 7.61. The highest BCUT2D eigenvalue weighted by atomic mass is 19.1. The lowest BCUT2D eigenvalue weighted by Crippen LogP contribution is -2.53. The molecular formula is C17H22FN3O3. The number of carbonyl (C=O) groups excluding carboxylic acids is 3. The van der Waals surface area contributed by atoms with E-state index in [4.69, 9.17) is 5.73 Å². The lowest BCUT2D eigenvalue weighted by atomic mass is 10.0. The van der Waals surface area contributed by atoms with Crippen LogP contribution in [0.2, 0.25) is 0 Å². The molecule has 24 heavy (non-hydrogen) atoms. The van der Waals surface area contributed by atoms with Crippen LogP contribution in [-0.4, -0.2) is 29.8 Å². The minimum Gasteiger partial charge on any atom is -0.368 e. The largest absolute Gasteiger partial charge is 0.368 e. The van der Waals surface area contributed by atoms with Crippen LogP contribution < -0.4 is 16.4 Å². The molecule has 0 unspecified atom stereocenters. The van der Waals surface area contributed by atoms with Crippen molar-refractivity contribution >= 4 is 17.7 Å². The number of nitrogens with one attached hydrogen (secondary N) is 2. The Morgan fingerprint density at radius 1 is 1.21 bits per heavy atom. The Bertz CT molecular complexity index is 602. The van der Waals surface area contributed by atoms with Gasteiger partial charge in [-0.3, -0.25) is 14.4 Å². The van der Waals surface area contributed by atoms with Gasteiger partial charge in [-0.2, -0.15) is 0 Å². The summed E-state index contributed by atoms with van der Waals surface area (Å²) in [5, 5.41) is 5.06. The van der Waals surface area contributed by atoms with Crippen LogP contribution in [0.3, 0.4) is 0 Å². The molecule has 0 aliphatic carbocycles. The molecular weight excluding hydrogens is 313 g/mol. The van der Waals surface area contributed by atoms with Gasteiger partial charge in [0.2, 0.25) is 17.7 Å². The summed E-state index contributed by atoms with van der Waals surface area (Å²) >= 11 is 0. The number of primary amides is 1. The highest BCUT2D eigenvalue weighted by molar-refractivity contribution is 5.91. The van der Waals surface area contributed by atoms with Gasteiger partial charge in [0, 0.05) is 13.3 Å². The van der Waals surface area contributed by atoms with Crippen LogP contribution in [0.4, 0.5) is 4.39 Å². The van der Waals surface area contributed by atoms with E-state index < -0.39 is 29.7 Å². The fraction of sp³-hybridized carbons (Fsp3) is 0.353. The topological polar surface area (TPSA) is 101 Å². The van der Waals surface area contributed by atoms with Gasteiger partial charge in [-0.1, -0.05) is 18.2 Å². The maximum atomic E-state index is 13.0. The van der Waals surface area contributed by atoms with E-state index in [0.717, 1.165) is 0 Å². The summed E-state index contributed by atoms with van der Waals surface area (Å²) in [5.41, 5.74) is 5.95. The van der Waals surface area contributed by atoms with Crippen LogP contribution in [0.15, 0.2) is 36.9 Å². The molecule has 0 saturated carbocycles. The maximum absolute atomic E-state index is 13.0. The summed E-state index contributed by atoms with van der Waals surface area (Å²) in [5.74, 6) is -1.97. The van der Waals surface area contributed by atoms with Crippen molar-refractivity contribution in [2.75, 3.05) is 0 Å². The van der Waals surface area contributed by atoms with Gasteiger partial charge in [0.1, 0.15) is 17.9 Å². The Morgan fingerprint density at radius 3 is 2.33 bits per heavy atom. The second-order valence-corrected chi connectivity index (χ2v) is 5.41. The second kappa shape index (κ2) is 9.44. The summed E-state index contributed by atoms with van der Waals surface area (Å²) in [6, 6.07) is 3.86. The Labute approximate surface area is 140 Å². The lowest BCUT2D eigenvalue weighted by Gasteiger charge is -2.21. The first-order valence-electron chi connectivity index (χ1n) is 7.55. The summed E-state index contributed by atoms with van der Waals surface area (Å²) < 4.78 is 13.0. The normalized spacial score (nSPS) is 12.8. The second-order valence-electron chi connectivity index (χ2n) is 5.41. The van der Waals surface area contributed by atoms with Crippen LogP contribution in [0.1, 0.15) is 25.3 Å². The average Bonchev–Trinajstić information content (AvgIpc) is 2.52. The summed E-state index contributed by atoms with van der Waals surface area (Å²) in [4.78, 5) is 35.2.